The molecular formula is C18H13F3N2O2. The smallest absolute Gasteiger partial charge is 0.435 e. The van der Waals surface area contributed by atoms with E-state index in [4.69, 9.17) is 4.74 Å². The van der Waals surface area contributed by atoms with E-state index in [0.29, 0.717) is 12.4 Å². The Labute approximate surface area is 140 Å². The lowest BCUT2D eigenvalue weighted by molar-refractivity contribution is -0.141. The number of H-pyrrole nitrogens is 1. The summed E-state index contributed by atoms with van der Waals surface area (Å²) in [6, 6.07) is 16.4. The van der Waals surface area contributed by atoms with Gasteiger partial charge in [-0.15, -0.1) is 0 Å². The normalized spacial score (nSPS) is 11.3. The van der Waals surface area contributed by atoms with Crippen LogP contribution in [0, 0.1) is 0 Å². The highest BCUT2D eigenvalue weighted by Gasteiger charge is 2.36. The van der Waals surface area contributed by atoms with Crippen molar-refractivity contribution in [3.63, 3.8) is 0 Å². The van der Waals surface area contributed by atoms with Crippen LogP contribution in [0.15, 0.2) is 65.5 Å². The largest absolute Gasteiger partial charge is 0.489 e. The first-order chi connectivity index (χ1) is 11.9. The summed E-state index contributed by atoms with van der Waals surface area (Å²) in [7, 11) is 0. The van der Waals surface area contributed by atoms with Crippen LogP contribution in [0.1, 0.15) is 11.3 Å². The molecule has 2 aromatic carbocycles. The van der Waals surface area contributed by atoms with E-state index in [0.717, 1.165) is 11.6 Å². The third-order valence-electron chi connectivity index (χ3n) is 3.49. The lowest BCUT2D eigenvalue weighted by Crippen LogP contribution is -2.17. The molecule has 4 nitrogen and oxygen atoms in total. The first-order valence-corrected chi connectivity index (χ1v) is 7.37. The van der Waals surface area contributed by atoms with E-state index < -0.39 is 17.4 Å². The van der Waals surface area contributed by atoms with Gasteiger partial charge in [-0.25, -0.2) is 5.10 Å². The molecule has 0 aliphatic carbocycles. The van der Waals surface area contributed by atoms with Crippen LogP contribution in [-0.4, -0.2) is 10.2 Å². The second-order valence-corrected chi connectivity index (χ2v) is 5.29. The Hall–Kier alpha value is -3.09. The van der Waals surface area contributed by atoms with Gasteiger partial charge in [0.2, 0.25) is 0 Å². The molecule has 3 rings (SSSR count). The number of ether oxygens (including phenoxy) is 1. The van der Waals surface area contributed by atoms with Gasteiger partial charge >= 0.3 is 6.18 Å². The Morgan fingerprint density at radius 2 is 1.68 bits per heavy atom. The van der Waals surface area contributed by atoms with Crippen molar-refractivity contribution in [1.82, 2.24) is 10.2 Å². The molecule has 0 saturated heterocycles. The van der Waals surface area contributed by atoms with Gasteiger partial charge in [0.15, 0.2) is 5.69 Å². The fraction of sp³-hybridized carbons (Fsp3) is 0.111. The molecule has 0 atom stereocenters. The fourth-order valence-corrected chi connectivity index (χ4v) is 2.31. The second-order valence-electron chi connectivity index (χ2n) is 5.29. The van der Waals surface area contributed by atoms with Gasteiger partial charge in [0.25, 0.3) is 5.56 Å². The first kappa shape index (κ1) is 16.8. The van der Waals surface area contributed by atoms with Crippen LogP contribution >= 0.6 is 0 Å². The number of halogens is 3. The fourth-order valence-electron chi connectivity index (χ4n) is 2.31. The van der Waals surface area contributed by atoms with E-state index in [9.17, 15) is 18.0 Å². The highest BCUT2D eigenvalue weighted by atomic mass is 19.4. The van der Waals surface area contributed by atoms with Gasteiger partial charge in [-0.2, -0.15) is 18.3 Å². The van der Waals surface area contributed by atoms with Crippen LogP contribution in [0.4, 0.5) is 13.2 Å². The summed E-state index contributed by atoms with van der Waals surface area (Å²) >= 11 is 0. The lowest BCUT2D eigenvalue weighted by atomic mass is 10.0. The van der Waals surface area contributed by atoms with E-state index in [2.05, 4.69) is 5.10 Å². The van der Waals surface area contributed by atoms with Gasteiger partial charge in [-0.1, -0.05) is 42.5 Å². The number of hydrogen-bond donors (Lipinski definition) is 1. The molecule has 0 aliphatic heterocycles. The van der Waals surface area contributed by atoms with Crippen LogP contribution in [0.5, 0.6) is 5.75 Å². The Balaban J connectivity index is 1.83. The zero-order valence-corrected chi connectivity index (χ0v) is 12.9. The van der Waals surface area contributed by atoms with Gasteiger partial charge in [0, 0.05) is 11.6 Å². The van der Waals surface area contributed by atoms with E-state index in [-0.39, 0.29) is 11.1 Å². The van der Waals surface area contributed by atoms with Crippen LogP contribution in [0.2, 0.25) is 0 Å². The quantitative estimate of drug-likeness (QED) is 0.776. The van der Waals surface area contributed by atoms with Crippen LogP contribution in [0.3, 0.4) is 0 Å². The molecule has 7 heteroatoms. The van der Waals surface area contributed by atoms with Crippen molar-refractivity contribution in [2.75, 3.05) is 0 Å². The van der Waals surface area contributed by atoms with Crippen LogP contribution in [0.25, 0.3) is 11.1 Å². The molecule has 0 saturated carbocycles. The number of nitrogens with one attached hydrogen (secondary N) is 1. The van der Waals surface area contributed by atoms with E-state index in [1.807, 2.05) is 35.4 Å². The molecule has 25 heavy (non-hydrogen) atoms. The van der Waals surface area contributed by atoms with E-state index in [1.54, 1.807) is 12.1 Å². The number of alkyl halides is 3. The summed E-state index contributed by atoms with van der Waals surface area (Å²) in [6.45, 7) is 0.348. The van der Waals surface area contributed by atoms with Gasteiger partial charge in [-0.3, -0.25) is 4.79 Å². The molecule has 0 fully saturated rings. The Morgan fingerprint density at radius 3 is 2.32 bits per heavy atom. The van der Waals surface area contributed by atoms with Crippen molar-refractivity contribution in [2.45, 2.75) is 12.8 Å². The Bertz CT molecular complexity index is 904. The van der Waals surface area contributed by atoms with Crippen molar-refractivity contribution in [2.24, 2.45) is 0 Å². The molecule has 1 N–H and O–H groups in total. The van der Waals surface area contributed by atoms with Crippen molar-refractivity contribution in [3.8, 4) is 16.9 Å². The third kappa shape index (κ3) is 4.06. The van der Waals surface area contributed by atoms with E-state index in [1.165, 1.54) is 12.1 Å². The number of benzene rings is 2. The average molecular weight is 346 g/mol. The molecular weight excluding hydrogens is 333 g/mol. The molecule has 3 aromatic rings. The number of hydrogen-bond acceptors (Lipinski definition) is 3. The van der Waals surface area contributed by atoms with E-state index >= 15 is 0 Å². The van der Waals surface area contributed by atoms with Crippen molar-refractivity contribution >= 4 is 0 Å². The lowest BCUT2D eigenvalue weighted by Gasteiger charge is -2.11. The predicted molar refractivity (Wildman–Crippen MR) is 86.1 cm³/mol. The number of aromatic nitrogens is 2. The summed E-state index contributed by atoms with van der Waals surface area (Å²) in [4.78, 5) is 11.4. The summed E-state index contributed by atoms with van der Waals surface area (Å²) in [5.74, 6) is 0.513. The summed E-state index contributed by atoms with van der Waals surface area (Å²) in [6.07, 6.45) is -4.66. The van der Waals surface area contributed by atoms with Crippen molar-refractivity contribution < 1.29 is 17.9 Å². The summed E-state index contributed by atoms with van der Waals surface area (Å²) in [5, 5.41) is 4.95. The van der Waals surface area contributed by atoms with Gasteiger partial charge in [0.05, 0.1) is 0 Å². The average Bonchev–Trinajstić information content (AvgIpc) is 2.60. The van der Waals surface area contributed by atoms with Gasteiger partial charge in [-0.05, 0) is 23.3 Å². The molecule has 0 spiro atoms. The van der Waals surface area contributed by atoms with Crippen molar-refractivity contribution in [1.29, 1.82) is 0 Å². The zero-order chi connectivity index (χ0) is 17.9. The number of aromatic amines is 1. The summed E-state index contributed by atoms with van der Waals surface area (Å²) in [5.41, 5.74) is -0.897. The zero-order valence-electron chi connectivity index (χ0n) is 12.9. The minimum Gasteiger partial charge on any atom is -0.489 e. The molecule has 0 bridgehead atoms. The third-order valence-corrected chi connectivity index (χ3v) is 3.49. The summed E-state index contributed by atoms with van der Waals surface area (Å²) < 4.78 is 44.7. The maximum absolute atomic E-state index is 13.0. The molecule has 0 amide bonds. The molecule has 1 aromatic heterocycles. The molecule has 0 unspecified atom stereocenters. The Kier molecular flexibility index (Phi) is 4.56. The Morgan fingerprint density at radius 1 is 1.00 bits per heavy atom. The minimum atomic E-state index is -4.66. The number of rotatable bonds is 4. The highest BCUT2D eigenvalue weighted by molar-refractivity contribution is 5.66. The first-order valence-electron chi connectivity index (χ1n) is 7.37. The van der Waals surface area contributed by atoms with Gasteiger partial charge < -0.3 is 4.74 Å². The van der Waals surface area contributed by atoms with Crippen LogP contribution < -0.4 is 10.3 Å². The molecule has 128 valence electrons. The maximum Gasteiger partial charge on any atom is 0.435 e. The topological polar surface area (TPSA) is 55.0 Å². The molecule has 0 aliphatic rings. The second kappa shape index (κ2) is 6.80. The highest BCUT2D eigenvalue weighted by Crippen LogP contribution is 2.34. The van der Waals surface area contributed by atoms with Crippen LogP contribution in [-0.2, 0) is 12.8 Å². The van der Waals surface area contributed by atoms with Gasteiger partial charge in [0.1, 0.15) is 12.4 Å². The monoisotopic (exact) mass is 346 g/mol. The maximum atomic E-state index is 13.0. The SMILES string of the molecule is O=c1cc(-c2ccc(OCc3ccccc3)cc2)c(C(F)(F)F)n[nH]1. The van der Waals surface area contributed by atoms with Crippen molar-refractivity contribution in [3.05, 3.63) is 82.3 Å². The predicted octanol–water partition coefficient (Wildman–Crippen LogP) is 4.03. The molecule has 1 heterocycles. The number of nitrogens with zero attached hydrogens (tertiary/aromatic N) is 1. The minimum absolute atomic E-state index is 0.234. The molecule has 0 radical (unpaired) electrons. The standard InChI is InChI=1S/C18H13F3N2O2/c19-18(20,21)17-15(10-16(24)22-23-17)13-6-8-14(9-7-13)25-11-12-4-2-1-3-5-12/h1-10H,11H2,(H,22,24).